The molecule has 0 atom stereocenters. The zero-order chi connectivity index (χ0) is 18.5. The summed E-state index contributed by atoms with van der Waals surface area (Å²) >= 11 is 2.55. The maximum absolute atomic E-state index is 13.6. The van der Waals surface area contributed by atoms with Crippen LogP contribution in [0.2, 0.25) is 0 Å². The lowest BCUT2D eigenvalue weighted by Gasteiger charge is -2.08. The molecule has 1 aromatic carbocycles. The summed E-state index contributed by atoms with van der Waals surface area (Å²) in [4.78, 5) is 17.4. The summed E-state index contributed by atoms with van der Waals surface area (Å²) in [7, 11) is 0. The molecule has 0 saturated carbocycles. The molecular formula is C18H11F2N3OS2. The molecule has 0 unspecified atom stereocenters. The van der Waals surface area contributed by atoms with E-state index >= 15 is 0 Å². The fourth-order valence-electron chi connectivity index (χ4n) is 2.12. The summed E-state index contributed by atoms with van der Waals surface area (Å²) in [5, 5.41) is 13.7. The second-order valence-electron chi connectivity index (χ2n) is 5.07. The molecule has 0 aliphatic carbocycles. The number of thioether (sulfide) groups is 1. The Labute approximate surface area is 156 Å². The van der Waals surface area contributed by atoms with Crippen molar-refractivity contribution in [3.05, 3.63) is 65.0 Å². The van der Waals surface area contributed by atoms with Crippen molar-refractivity contribution in [2.24, 2.45) is 0 Å². The van der Waals surface area contributed by atoms with E-state index < -0.39 is 23.2 Å². The van der Waals surface area contributed by atoms with Crippen molar-refractivity contribution in [1.29, 1.82) is 5.26 Å². The maximum atomic E-state index is 13.6. The van der Waals surface area contributed by atoms with E-state index in [1.165, 1.54) is 17.4 Å². The lowest BCUT2D eigenvalue weighted by atomic mass is 10.2. The van der Waals surface area contributed by atoms with Crippen LogP contribution in [0.1, 0.15) is 5.56 Å². The highest BCUT2D eigenvalue weighted by Crippen LogP contribution is 2.28. The van der Waals surface area contributed by atoms with Gasteiger partial charge < -0.3 is 5.32 Å². The zero-order valence-electron chi connectivity index (χ0n) is 13.2. The fourth-order valence-corrected chi connectivity index (χ4v) is 3.59. The van der Waals surface area contributed by atoms with Crippen LogP contribution in [0.3, 0.4) is 0 Å². The van der Waals surface area contributed by atoms with Gasteiger partial charge in [-0.05, 0) is 35.7 Å². The quantitative estimate of drug-likeness (QED) is 0.645. The van der Waals surface area contributed by atoms with Gasteiger partial charge >= 0.3 is 0 Å². The van der Waals surface area contributed by atoms with E-state index in [4.69, 9.17) is 0 Å². The van der Waals surface area contributed by atoms with E-state index in [1.54, 1.807) is 12.1 Å². The van der Waals surface area contributed by atoms with Crippen LogP contribution in [0.15, 0.2) is 52.9 Å². The molecule has 0 fully saturated rings. The third-order valence-electron chi connectivity index (χ3n) is 3.32. The van der Waals surface area contributed by atoms with Crippen LogP contribution in [-0.4, -0.2) is 16.6 Å². The highest BCUT2D eigenvalue weighted by molar-refractivity contribution is 8.00. The van der Waals surface area contributed by atoms with Gasteiger partial charge in [0.25, 0.3) is 0 Å². The second-order valence-corrected chi connectivity index (χ2v) is 6.98. The van der Waals surface area contributed by atoms with Crippen molar-refractivity contribution < 1.29 is 13.6 Å². The van der Waals surface area contributed by atoms with Crippen molar-refractivity contribution >= 4 is 34.7 Å². The molecule has 0 aliphatic rings. The topological polar surface area (TPSA) is 65.8 Å². The van der Waals surface area contributed by atoms with E-state index in [1.807, 2.05) is 23.6 Å². The molecule has 4 nitrogen and oxygen atoms in total. The van der Waals surface area contributed by atoms with Gasteiger partial charge in [0.15, 0.2) is 0 Å². The minimum absolute atomic E-state index is 0.136. The van der Waals surface area contributed by atoms with Gasteiger partial charge in [0.2, 0.25) is 5.91 Å². The number of hydrogen-bond acceptors (Lipinski definition) is 5. The molecule has 3 rings (SSSR count). The third-order valence-corrected chi connectivity index (χ3v) is 5.21. The predicted molar refractivity (Wildman–Crippen MR) is 98.0 cm³/mol. The average molecular weight is 387 g/mol. The first-order valence-corrected chi connectivity index (χ1v) is 9.26. The first-order valence-electron chi connectivity index (χ1n) is 7.40. The van der Waals surface area contributed by atoms with Crippen LogP contribution in [0.5, 0.6) is 0 Å². The number of amides is 1. The molecule has 0 bridgehead atoms. The second kappa shape index (κ2) is 8.08. The molecule has 2 heterocycles. The number of nitriles is 1. The summed E-state index contributed by atoms with van der Waals surface area (Å²) in [6, 6.07) is 12.5. The fraction of sp³-hybridized carbons (Fsp3) is 0.0556. The molecule has 130 valence electrons. The Kier molecular flexibility index (Phi) is 5.61. The molecule has 0 spiro atoms. The van der Waals surface area contributed by atoms with Gasteiger partial charge in [0.1, 0.15) is 28.4 Å². The lowest BCUT2D eigenvalue weighted by molar-refractivity contribution is -0.113. The third kappa shape index (κ3) is 4.07. The van der Waals surface area contributed by atoms with Crippen LogP contribution in [-0.2, 0) is 4.79 Å². The number of benzene rings is 1. The lowest BCUT2D eigenvalue weighted by Crippen LogP contribution is -2.16. The standard InChI is InChI=1S/C18H11F2N3OS2/c19-12-3-1-4-13(20)17(12)23-16(24)10-26-18-11(9-21)6-7-14(22-18)15-5-2-8-25-15/h1-8H,10H2,(H,23,24). The highest BCUT2D eigenvalue weighted by atomic mass is 32.2. The molecule has 26 heavy (non-hydrogen) atoms. The molecule has 1 N–H and O–H groups in total. The van der Waals surface area contributed by atoms with Crippen LogP contribution < -0.4 is 5.32 Å². The van der Waals surface area contributed by atoms with Crippen molar-refractivity contribution in [1.82, 2.24) is 4.98 Å². The highest BCUT2D eigenvalue weighted by Gasteiger charge is 2.14. The number of thiophene rings is 1. The Morgan fingerprint density at radius 1 is 1.19 bits per heavy atom. The number of nitrogens with one attached hydrogen (secondary N) is 1. The average Bonchev–Trinajstić information content (AvgIpc) is 3.17. The number of carbonyl (C=O) groups is 1. The van der Waals surface area contributed by atoms with Gasteiger partial charge in [0, 0.05) is 0 Å². The number of halogens is 2. The normalized spacial score (nSPS) is 10.3. The SMILES string of the molecule is N#Cc1ccc(-c2cccs2)nc1SCC(=O)Nc1c(F)cccc1F. The summed E-state index contributed by atoms with van der Waals surface area (Å²) in [6.07, 6.45) is 0. The van der Waals surface area contributed by atoms with Crippen LogP contribution in [0.25, 0.3) is 10.6 Å². The number of pyridine rings is 1. The van der Waals surface area contributed by atoms with Gasteiger partial charge in [-0.2, -0.15) is 5.26 Å². The van der Waals surface area contributed by atoms with Gasteiger partial charge in [0.05, 0.1) is 21.9 Å². The summed E-state index contributed by atoms with van der Waals surface area (Å²) < 4.78 is 27.2. The van der Waals surface area contributed by atoms with E-state index in [0.717, 1.165) is 28.8 Å². The van der Waals surface area contributed by atoms with Crippen molar-refractivity contribution in [2.75, 3.05) is 11.1 Å². The molecule has 1 amide bonds. The van der Waals surface area contributed by atoms with Gasteiger partial charge in [-0.25, -0.2) is 13.8 Å². The summed E-state index contributed by atoms with van der Waals surface area (Å²) in [6.45, 7) is 0. The number of para-hydroxylation sites is 1. The number of hydrogen-bond donors (Lipinski definition) is 1. The van der Waals surface area contributed by atoms with Crippen molar-refractivity contribution in [2.45, 2.75) is 5.03 Å². The maximum Gasteiger partial charge on any atom is 0.234 e. The first-order chi connectivity index (χ1) is 12.6. The molecule has 0 aliphatic heterocycles. The largest absolute Gasteiger partial charge is 0.320 e. The van der Waals surface area contributed by atoms with Crippen molar-refractivity contribution in [3.63, 3.8) is 0 Å². The minimum Gasteiger partial charge on any atom is -0.320 e. The van der Waals surface area contributed by atoms with Crippen LogP contribution in [0, 0.1) is 23.0 Å². The molecule has 3 aromatic rings. The Morgan fingerprint density at radius 3 is 2.62 bits per heavy atom. The number of carbonyl (C=O) groups excluding carboxylic acids is 1. The zero-order valence-corrected chi connectivity index (χ0v) is 14.8. The smallest absolute Gasteiger partial charge is 0.234 e. The molecule has 2 aromatic heterocycles. The summed E-state index contributed by atoms with van der Waals surface area (Å²) in [5.41, 5.74) is 0.543. The number of nitrogens with zero attached hydrogens (tertiary/aromatic N) is 2. The Bertz CT molecular complexity index is 964. The molecular weight excluding hydrogens is 376 g/mol. The Hall–Kier alpha value is -2.76. The van der Waals surface area contributed by atoms with E-state index in [-0.39, 0.29) is 5.75 Å². The Balaban J connectivity index is 1.73. The molecule has 0 radical (unpaired) electrons. The van der Waals surface area contributed by atoms with Crippen LogP contribution in [0.4, 0.5) is 14.5 Å². The van der Waals surface area contributed by atoms with E-state index in [9.17, 15) is 18.8 Å². The van der Waals surface area contributed by atoms with Gasteiger partial charge in [-0.1, -0.05) is 23.9 Å². The number of anilines is 1. The van der Waals surface area contributed by atoms with E-state index in [0.29, 0.717) is 16.3 Å². The predicted octanol–water partition coefficient (Wildman–Crippen LogP) is 4.69. The van der Waals surface area contributed by atoms with Crippen molar-refractivity contribution in [3.8, 4) is 16.6 Å². The van der Waals surface area contributed by atoms with Gasteiger partial charge in [-0.3, -0.25) is 4.79 Å². The first kappa shape index (κ1) is 18.0. The Morgan fingerprint density at radius 2 is 1.96 bits per heavy atom. The molecule has 0 saturated heterocycles. The number of rotatable bonds is 5. The minimum atomic E-state index is -0.848. The number of aromatic nitrogens is 1. The van der Waals surface area contributed by atoms with E-state index in [2.05, 4.69) is 10.3 Å². The monoisotopic (exact) mass is 387 g/mol. The van der Waals surface area contributed by atoms with Gasteiger partial charge in [-0.15, -0.1) is 11.3 Å². The van der Waals surface area contributed by atoms with Crippen LogP contribution >= 0.6 is 23.1 Å². The molecule has 8 heteroatoms. The summed E-state index contributed by atoms with van der Waals surface area (Å²) in [5.74, 6) is -2.42.